The first kappa shape index (κ1) is 10.9. The van der Waals surface area contributed by atoms with E-state index in [-0.39, 0.29) is 0 Å². The lowest BCUT2D eigenvalue weighted by molar-refractivity contribution is 0.686. The van der Waals surface area contributed by atoms with Crippen LogP contribution in [0.3, 0.4) is 0 Å². The highest BCUT2D eigenvalue weighted by Crippen LogP contribution is 1.94. The number of rotatable bonds is 6. The van der Waals surface area contributed by atoms with Gasteiger partial charge in [-0.15, -0.1) is 0 Å². The van der Waals surface area contributed by atoms with E-state index in [0.717, 1.165) is 19.5 Å². The van der Waals surface area contributed by atoms with Crippen LogP contribution in [0.4, 0.5) is 0 Å². The predicted octanol–water partition coefficient (Wildman–Crippen LogP) is 2.11. The fourth-order valence-electron chi connectivity index (χ4n) is 1.21. The molecular weight excluding hydrogens is 172 g/mol. The molecule has 0 saturated carbocycles. The van der Waals surface area contributed by atoms with Crippen molar-refractivity contribution in [3.05, 3.63) is 35.9 Å². The van der Waals surface area contributed by atoms with E-state index < -0.39 is 0 Å². The van der Waals surface area contributed by atoms with Crippen LogP contribution in [-0.2, 0) is 0 Å². The Balaban J connectivity index is 2.15. The average Bonchev–Trinajstić information content (AvgIpc) is 2.25. The highest BCUT2D eigenvalue weighted by atomic mass is 14.8. The Labute approximate surface area is 86.1 Å². The lowest BCUT2D eigenvalue weighted by Gasteiger charge is -1.96. The first-order valence-corrected chi connectivity index (χ1v) is 5.13. The molecule has 0 bridgehead atoms. The van der Waals surface area contributed by atoms with Gasteiger partial charge in [-0.3, -0.25) is 4.99 Å². The van der Waals surface area contributed by atoms with Gasteiger partial charge >= 0.3 is 0 Å². The summed E-state index contributed by atoms with van der Waals surface area (Å²) < 4.78 is 0. The Bertz CT molecular complexity index is 254. The van der Waals surface area contributed by atoms with Crippen LogP contribution >= 0.6 is 0 Å². The second-order valence-electron chi connectivity index (χ2n) is 3.26. The van der Waals surface area contributed by atoms with Gasteiger partial charge in [-0.05, 0) is 32.0 Å². The van der Waals surface area contributed by atoms with Crippen molar-refractivity contribution in [1.82, 2.24) is 5.32 Å². The molecule has 0 aromatic heterocycles. The van der Waals surface area contributed by atoms with Crippen molar-refractivity contribution in [2.45, 2.75) is 12.8 Å². The van der Waals surface area contributed by atoms with Crippen LogP contribution in [0.1, 0.15) is 18.4 Å². The fraction of sp³-hybridized carbons (Fsp3) is 0.417. The van der Waals surface area contributed by atoms with Crippen molar-refractivity contribution in [2.75, 3.05) is 20.1 Å². The van der Waals surface area contributed by atoms with Crippen LogP contribution in [0, 0.1) is 0 Å². The van der Waals surface area contributed by atoms with E-state index in [1.54, 1.807) is 0 Å². The van der Waals surface area contributed by atoms with Crippen molar-refractivity contribution in [3.63, 3.8) is 0 Å². The van der Waals surface area contributed by atoms with Gasteiger partial charge in [0.2, 0.25) is 0 Å². The third-order valence-electron chi connectivity index (χ3n) is 2.00. The molecular formula is C12H18N2. The molecule has 0 aliphatic heterocycles. The fourth-order valence-corrected chi connectivity index (χ4v) is 1.21. The van der Waals surface area contributed by atoms with E-state index >= 15 is 0 Å². The molecule has 0 aliphatic carbocycles. The van der Waals surface area contributed by atoms with Gasteiger partial charge < -0.3 is 5.32 Å². The van der Waals surface area contributed by atoms with Crippen LogP contribution in [0.25, 0.3) is 0 Å². The molecule has 0 atom stereocenters. The van der Waals surface area contributed by atoms with Crippen LogP contribution in [-0.4, -0.2) is 26.4 Å². The van der Waals surface area contributed by atoms with Crippen molar-refractivity contribution < 1.29 is 0 Å². The summed E-state index contributed by atoms with van der Waals surface area (Å²) in [6, 6.07) is 10.2. The molecule has 0 amide bonds. The highest BCUT2D eigenvalue weighted by molar-refractivity contribution is 5.79. The Morgan fingerprint density at radius 2 is 2.00 bits per heavy atom. The van der Waals surface area contributed by atoms with E-state index in [4.69, 9.17) is 0 Å². The van der Waals surface area contributed by atoms with Gasteiger partial charge in [0.25, 0.3) is 0 Å². The van der Waals surface area contributed by atoms with Gasteiger partial charge in [0.15, 0.2) is 0 Å². The van der Waals surface area contributed by atoms with Gasteiger partial charge in [-0.2, -0.15) is 0 Å². The summed E-state index contributed by atoms with van der Waals surface area (Å²) in [4.78, 5) is 4.36. The zero-order valence-corrected chi connectivity index (χ0v) is 8.74. The summed E-state index contributed by atoms with van der Waals surface area (Å²) in [6.45, 7) is 2.01. The number of hydrogen-bond donors (Lipinski definition) is 1. The minimum atomic E-state index is 0.927. The van der Waals surface area contributed by atoms with Crippen LogP contribution in [0.2, 0.25) is 0 Å². The van der Waals surface area contributed by atoms with Crippen LogP contribution < -0.4 is 5.32 Å². The molecule has 0 fully saturated rings. The van der Waals surface area contributed by atoms with E-state index in [1.165, 1.54) is 12.0 Å². The first-order chi connectivity index (χ1) is 6.93. The molecule has 2 heteroatoms. The summed E-state index contributed by atoms with van der Waals surface area (Å²) in [5, 5.41) is 3.12. The normalized spacial score (nSPS) is 10.9. The maximum absolute atomic E-state index is 4.36. The number of nitrogens with zero attached hydrogens (tertiary/aromatic N) is 1. The Hall–Kier alpha value is -1.15. The number of aliphatic imine (C=N–C) groups is 1. The van der Waals surface area contributed by atoms with Crippen molar-refractivity contribution in [1.29, 1.82) is 0 Å². The van der Waals surface area contributed by atoms with E-state index in [9.17, 15) is 0 Å². The standard InChI is InChI=1S/C12H18N2/c1-13-9-5-6-10-14-11-12-7-3-2-4-8-12/h2-4,7-8,11,13H,5-6,9-10H2,1H3. The summed E-state index contributed by atoms with van der Waals surface area (Å²) in [5.41, 5.74) is 1.18. The number of nitrogens with one attached hydrogen (secondary N) is 1. The summed E-state index contributed by atoms with van der Waals surface area (Å²) >= 11 is 0. The third-order valence-corrected chi connectivity index (χ3v) is 2.00. The van der Waals surface area contributed by atoms with Gasteiger partial charge in [0.05, 0.1) is 0 Å². The zero-order valence-electron chi connectivity index (χ0n) is 8.74. The molecule has 14 heavy (non-hydrogen) atoms. The van der Waals surface area contributed by atoms with Crippen molar-refractivity contribution >= 4 is 6.21 Å². The summed E-state index contributed by atoms with van der Waals surface area (Å²) in [7, 11) is 1.98. The minimum absolute atomic E-state index is 0.927. The molecule has 0 unspecified atom stereocenters. The maximum atomic E-state index is 4.36. The predicted molar refractivity (Wildman–Crippen MR) is 62.1 cm³/mol. The zero-order chi connectivity index (χ0) is 10.1. The van der Waals surface area contributed by atoms with Crippen LogP contribution in [0.15, 0.2) is 35.3 Å². The van der Waals surface area contributed by atoms with Crippen LogP contribution in [0.5, 0.6) is 0 Å². The molecule has 2 nitrogen and oxygen atoms in total. The lowest BCUT2D eigenvalue weighted by atomic mass is 10.2. The Morgan fingerprint density at radius 1 is 1.21 bits per heavy atom. The Kier molecular flexibility index (Phi) is 5.68. The van der Waals surface area contributed by atoms with Gasteiger partial charge in [-0.25, -0.2) is 0 Å². The number of benzene rings is 1. The first-order valence-electron chi connectivity index (χ1n) is 5.13. The molecule has 1 rings (SSSR count). The maximum Gasteiger partial charge on any atom is 0.0390 e. The second kappa shape index (κ2) is 7.27. The molecule has 1 N–H and O–H groups in total. The molecule has 76 valence electrons. The smallest absolute Gasteiger partial charge is 0.0390 e. The number of unbranched alkanes of at least 4 members (excludes halogenated alkanes) is 1. The Morgan fingerprint density at radius 3 is 2.71 bits per heavy atom. The van der Waals surface area contributed by atoms with Crippen molar-refractivity contribution in [3.8, 4) is 0 Å². The summed E-state index contributed by atoms with van der Waals surface area (Å²) in [5.74, 6) is 0. The topological polar surface area (TPSA) is 24.4 Å². The largest absolute Gasteiger partial charge is 0.320 e. The number of hydrogen-bond acceptors (Lipinski definition) is 2. The average molecular weight is 190 g/mol. The summed E-state index contributed by atoms with van der Waals surface area (Å²) in [6.07, 6.45) is 4.30. The molecule has 0 aliphatic rings. The molecule has 1 aromatic rings. The molecule has 1 aromatic carbocycles. The van der Waals surface area contributed by atoms with E-state index in [1.807, 2.05) is 31.5 Å². The SMILES string of the molecule is CNCCCCN=Cc1ccccc1. The van der Waals surface area contributed by atoms with E-state index in [0.29, 0.717) is 0 Å². The molecule has 0 saturated heterocycles. The third kappa shape index (κ3) is 4.77. The quantitative estimate of drug-likeness (QED) is 0.539. The van der Waals surface area contributed by atoms with E-state index in [2.05, 4.69) is 22.4 Å². The van der Waals surface area contributed by atoms with Gasteiger partial charge in [0.1, 0.15) is 0 Å². The lowest BCUT2D eigenvalue weighted by Crippen LogP contribution is -2.07. The molecule has 0 radical (unpaired) electrons. The van der Waals surface area contributed by atoms with Gasteiger partial charge in [0, 0.05) is 12.8 Å². The minimum Gasteiger partial charge on any atom is -0.320 e. The monoisotopic (exact) mass is 190 g/mol. The van der Waals surface area contributed by atoms with Crippen molar-refractivity contribution in [2.24, 2.45) is 4.99 Å². The highest BCUT2D eigenvalue weighted by Gasteiger charge is 1.85. The molecule has 0 spiro atoms. The molecule has 0 heterocycles. The van der Waals surface area contributed by atoms with Gasteiger partial charge in [-0.1, -0.05) is 30.3 Å². The second-order valence-corrected chi connectivity index (χ2v) is 3.26.